The van der Waals surface area contributed by atoms with Crippen LogP contribution in [-0.4, -0.2) is 14.7 Å². The van der Waals surface area contributed by atoms with Crippen LogP contribution >= 0.6 is 0 Å². The molecule has 0 aliphatic heterocycles. The van der Waals surface area contributed by atoms with Gasteiger partial charge in [-0.25, -0.2) is 0 Å². The molecule has 0 fully saturated rings. The van der Waals surface area contributed by atoms with Gasteiger partial charge in [0.2, 0.25) is 0 Å². The second-order valence-electron chi connectivity index (χ2n) is 4.92. The molecule has 0 saturated heterocycles. The number of nitrogens with zero attached hydrogens (tertiary/aromatic N) is 3. The van der Waals surface area contributed by atoms with Crippen molar-refractivity contribution < 1.29 is 4.92 Å². The van der Waals surface area contributed by atoms with E-state index in [0.717, 1.165) is 30.6 Å². The lowest BCUT2D eigenvalue weighted by atomic mass is 10.0. The van der Waals surface area contributed by atoms with Crippen LogP contribution < -0.4 is 5.32 Å². The minimum Gasteiger partial charge on any atom is -0.376 e. The summed E-state index contributed by atoms with van der Waals surface area (Å²) in [5, 5.41) is 18.6. The molecule has 6 heteroatoms. The van der Waals surface area contributed by atoms with Crippen LogP contribution in [0.1, 0.15) is 38.3 Å². The van der Waals surface area contributed by atoms with Crippen LogP contribution in [0, 0.1) is 10.1 Å². The molecule has 1 aromatic heterocycles. The van der Waals surface area contributed by atoms with Crippen molar-refractivity contribution in [3.8, 4) is 0 Å². The molecule has 0 saturated carbocycles. The molecule has 1 aromatic carbocycles. The quantitative estimate of drug-likeness (QED) is 0.622. The fraction of sp³-hybridized carbons (Fsp3) is 0.400. The Hall–Kier alpha value is -2.37. The Morgan fingerprint density at radius 1 is 1.43 bits per heavy atom. The maximum absolute atomic E-state index is 10.9. The minimum atomic E-state index is -0.360. The molecule has 0 amide bonds. The first-order chi connectivity index (χ1) is 10.1. The van der Waals surface area contributed by atoms with E-state index in [0.29, 0.717) is 0 Å². The van der Waals surface area contributed by atoms with Gasteiger partial charge >= 0.3 is 0 Å². The van der Waals surface area contributed by atoms with E-state index in [1.54, 1.807) is 18.3 Å². The standard InChI is InChI=1S/C15H20N4O2/c1-3-6-15(17-13-10-16-18(4-2)11-13)12-7-5-8-14(9-12)19(20)21/h5,7-11,15,17H,3-4,6H2,1-2H3. The Morgan fingerprint density at radius 2 is 2.24 bits per heavy atom. The lowest BCUT2D eigenvalue weighted by Gasteiger charge is -2.18. The van der Waals surface area contributed by atoms with Crippen molar-refractivity contribution in [2.45, 2.75) is 39.3 Å². The topological polar surface area (TPSA) is 73.0 Å². The second kappa shape index (κ2) is 6.88. The van der Waals surface area contributed by atoms with Crippen LogP contribution in [-0.2, 0) is 6.54 Å². The van der Waals surface area contributed by atoms with E-state index in [9.17, 15) is 10.1 Å². The highest BCUT2D eigenvalue weighted by Gasteiger charge is 2.15. The molecule has 0 bridgehead atoms. The first kappa shape index (κ1) is 15.0. The van der Waals surface area contributed by atoms with E-state index < -0.39 is 0 Å². The molecule has 6 nitrogen and oxygen atoms in total. The van der Waals surface area contributed by atoms with Crippen LogP contribution in [0.25, 0.3) is 0 Å². The van der Waals surface area contributed by atoms with Gasteiger partial charge in [-0.2, -0.15) is 5.10 Å². The second-order valence-corrected chi connectivity index (χ2v) is 4.92. The van der Waals surface area contributed by atoms with Crippen molar-refractivity contribution in [1.29, 1.82) is 0 Å². The zero-order chi connectivity index (χ0) is 15.2. The summed E-state index contributed by atoms with van der Waals surface area (Å²) in [6.07, 6.45) is 5.62. The molecule has 1 heterocycles. The maximum atomic E-state index is 10.9. The highest BCUT2D eigenvalue weighted by Crippen LogP contribution is 2.26. The van der Waals surface area contributed by atoms with E-state index >= 15 is 0 Å². The molecule has 1 atom stereocenters. The predicted octanol–water partition coefficient (Wildman–Crippen LogP) is 3.76. The van der Waals surface area contributed by atoms with Gasteiger partial charge in [-0.1, -0.05) is 25.5 Å². The number of hydrogen-bond acceptors (Lipinski definition) is 4. The molecule has 21 heavy (non-hydrogen) atoms. The molecule has 1 N–H and O–H groups in total. The lowest BCUT2D eigenvalue weighted by Crippen LogP contribution is -2.10. The van der Waals surface area contributed by atoms with Gasteiger partial charge in [0.15, 0.2) is 0 Å². The largest absolute Gasteiger partial charge is 0.376 e. The lowest BCUT2D eigenvalue weighted by molar-refractivity contribution is -0.384. The highest BCUT2D eigenvalue weighted by molar-refractivity contribution is 5.44. The van der Waals surface area contributed by atoms with Crippen molar-refractivity contribution in [3.05, 3.63) is 52.3 Å². The summed E-state index contributed by atoms with van der Waals surface area (Å²) >= 11 is 0. The van der Waals surface area contributed by atoms with Crippen molar-refractivity contribution in [1.82, 2.24) is 9.78 Å². The average molecular weight is 288 g/mol. The SMILES string of the molecule is CCCC(Nc1cnn(CC)c1)c1cccc([N+](=O)[O-])c1. The Bertz CT molecular complexity index is 609. The van der Waals surface area contributed by atoms with Crippen molar-refractivity contribution in [2.75, 3.05) is 5.32 Å². The van der Waals surface area contributed by atoms with Gasteiger partial charge < -0.3 is 5.32 Å². The third-order valence-corrected chi connectivity index (χ3v) is 3.36. The van der Waals surface area contributed by atoms with Gasteiger partial charge in [0.25, 0.3) is 5.69 Å². The van der Waals surface area contributed by atoms with Gasteiger partial charge in [-0.15, -0.1) is 0 Å². The molecular weight excluding hydrogens is 268 g/mol. The monoisotopic (exact) mass is 288 g/mol. The van der Waals surface area contributed by atoms with Crippen LogP contribution in [0.5, 0.6) is 0 Å². The Labute approximate surface area is 123 Å². The smallest absolute Gasteiger partial charge is 0.269 e. The number of aryl methyl sites for hydroxylation is 1. The molecule has 0 aliphatic carbocycles. The van der Waals surface area contributed by atoms with Crippen molar-refractivity contribution in [3.63, 3.8) is 0 Å². The molecule has 2 rings (SSSR count). The number of rotatable bonds is 7. The van der Waals surface area contributed by atoms with Gasteiger partial charge in [-0.3, -0.25) is 14.8 Å². The first-order valence-corrected chi connectivity index (χ1v) is 7.17. The van der Waals surface area contributed by atoms with Crippen molar-refractivity contribution in [2.24, 2.45) is 0 Å². The van der Waals surface area contributed by atoms with Crippen LogP contribution in [0.15, 0.2) is 36.7 Å². The van der Waals surface area contributed by atoms with Gasteiger partial charge in [0, 0.05) is 24.9 Å². The number of anilines is 1. The molecule has 0 radical (unpaired) electrons. The normalized spacial score (nSPS) is 12.1. The number of non-ortho nitro benzene ring substituents is 1. The third kappa shape index (κ3) is 3.81. The predicted molar refractivity (Wildman–Crippen MR) is 82.3 cm³/mol. The summed E-state index contributed by atoms with van der Waals surface area (Å²) in [6.45, 7) is 4.94. The fourth-order valence-electron chi connectivity index (χ4n) is 2.28. The Morgan fingerprint density at radius 3 is 2.86 bits per heavy atom. The average Bonchev–Trinajstić information content (AvgIpc) is 2.94. The summed E-state index contributed by atoms with van der Waals surface area (Å²) in [5.41, 5.74) is 1.98. The van der Waals surface area contributed by atoms with E-state index in [4.69, 9.17) is 0 Å². The summed E-state index contributed by atoms with van der Waals surface area (Å²) < 4.78 is 1.85. The third-order valence-electron chi connectivity index (χ3n) is 3.36. The number of nitro groups is 1. The van der Waals surface area contributed by atoms with Gasteiger partial charge in [0.1, 0.15) is 0 Å². The van der Waals surface area contributed by atoms with E-state index in [2.05, 4.69) is 17.3 Å². The zero-order valence-electron chi connectivity index (χ0n) is 12.3. The molecule has 1 unspecified atom stereocenters. The number of hydrogen-bond donors (Lipinski definition) is 1. The Balaban J connectivity index is 2.21. The molecule has 112 valence electrons. The Kier molecular flexibility index (Phi) is 4.92. The molecule has 2 aromatic rings. The molecular formula is C15H20N4O2. The van der Waals surface area contributed by atoms with Gasteiger partial charge in [-0.05, 0) is 18.9 Å². The van der Waals surface area contributed by atoms with Crippen LogP contribution in [0.4, 0.5) is 11.4 Å². The minimum absolute atomic E-state index is 0.0457. The van der Waals surface area contributed by atoms with E-state index in [1.165, 1.54) is 6.07 Å². The highest BCUT2D eigenvalue weighted by atomic mass is 16.6. The maximum Gasteiger partial charge on any atom is 0.269 e. The number of nitrogens with one attached hydrogen (secondary N) is 1. The zero-order valence-corrected chi connectivity index (χ0v) is 12.3. The molecule has 0 aliphatic rings. The number of benzene rings is 1. The summed E-state index contributed by atoms with van der Waals surface area (Å²) in [7, 11) is 0. The van der Waals surface area contributed by atoms with E-state index in [-0.39, 0.29) is 16.7 Å². The van der Waals surface area contributed by atoms with Gasteiger partial charge in [0.05, 0.1) is 22.8 Å². The number of aromatic nitrogens is 2. The summed E-state index contributed by atoms with van der Waals surface area (Å²) in [5.74, 6) is 0. The van der Waals surface area contributed by atoms with Crippen LogP contribution in [0.3, 0.4) is 0 Å². The first-order valence-electron chi connectivity index (χ1n) is 7.17. The van der Waals surface area contributed by atoms with Crippen LogP contribution in [0.2, 0.25) is 0 Å². The fourth-order valence-corrected chi connectivity index (χ4v) is 2.28. The summed E-state index contributed by atoms with van der Waals surface area (Å²) in [4.78, 5) is 10.5. The molecule has 0 spiro atoms. The summed E-state index contributed by atoms with van der Waals surface area (Å²) in [6, 6.07) is 6.85. The number of nitro benzene ring substituents is 1. The van der Waals surface area contributed by atoms with Crippen molar-refractivity contribution >= 4 is 11.4 Å². The van der Waals surface area contributed by atoms with E-state index in [1.807, 2.05) is 23.9 Å².